The standard InChI is InChI=1S/C24H33N3O4S/c1-3-27(4-2)24(29)22(15-17-9-12-20(25)13-10-17)23(28)26-32(30,31)21-14-11-18-7-5-6-8-19(18)16-21/h5-8,11,14,16-17,20,22H,3-4,9-10,12-13,15,25H2,1-2H3,(H,26,28). The van der Waals surface area contributed by atoms with Crippen LogP contribution >= 0.6 is 0 Å². The average molecular weight is 460 g/mol. The monoisotopic (exact) mass is 459 g/mol. The minimum atomic E-state index is -4.11. The topological polar surface area (TPSA) is 110 Å². The maximum Gasteiger partial charge on any atom is 0.264 e. The second kappa shape index (κ2) is 10.4. The van der Waals surface area contributed by atoms with Crippen LogP contribution in [-0.4, -0.2) is 44.3 Å². The fourth-order valence-electron chi connectivity index (χ4n) is 4.43. The highest BCUT2D eigenvalue weighted by atomic mass is 32.2. The quantitative estimate of drug-likeness (QED) is 0.590. The first-order valence-electron chi connectivity index (χ1n) is 11.3. The van der Waals surface area contributed by atoms with Crippen molar-refractivity contribution in [2.45, 2.75) is 56.9 Å². The summed E-state index contributed by atoms with van der Waals surface area (Å²) in [6, 6.07) is 12.3. The number of nitrogens with zero attached hydrogens (tertiary/aromatic N) is 1. The van der Waals surface area contributed by atoms with Crippen molar-refractivity contribution in [3.63, 3.8) is 0 Å². The highest BCUT2D eigenvalue weighted by Crippen LogP contribution is 2.30. The summed E-state index contributed by atoms with van der Waals surface area (Å²) in [7, 11) is -4.11. The lowest BCUT2D eigenvalue weighted by Gasteiger charge is -2.30. The lowest BCUT2D eigenvalue weighted by atomic mass is 9.80. The number of hydrogen-bond acceptors (Lipinski definition) is 5. The molecule has 8 heteroatoms. The van der Waals surface area contributed by atoms with Gasteiger partial charge in [-0.05, 0) is 74.8 Å². The zero-order chi connectivity index (χ0) is 23.3. The summed E-state index contributed by atoms with van der Waals surface area (Å²) in [5.41, 5.74) is 5.99. The van der Waals surface area contributed by atoms with Gasteiger partial charge in [0.2, 0.25) is 11.8 Å². The SMILES string of the molecule is CCN(CC)C(=O)C(CC1CCC(N)CC1)C(=O)NS(=O)(=O)c1ccc2ccccc2c1. The van der Waals surface area contributed by atoms with Crippen molar-refractivity contribution in [3.8, 4) is 0 Å². The third kappa shape index (κ3) is 5.66. The van der Waals surface area contributed by atoms with Gasteiger partial charge in [-0.3, -0.25) is 9.59 Å². The molecule has 0 saturated heterocycles. The molecule has 1 fully saturated rings. The molecule has 3 rings (SSSR count). The van der Waals surface area contributed by atoms with Gasteiger partial charge in [0.15, 0.2) is 0 Å². The molecule has 0 radical (unpaired) electrons. The first-order chi connectivity index (χ1) is 15.2. The second-order valence-corrected chi connectivity index (χ2v) is 10.2. The molecule has 1 atom stereocenters. The van der Waals surface area contributed by atoms with Crippen LogP contribution < -0.4 is 10.5 Å². The maximum atomic E-state index is 13.1. The molecule has 3 N–H and O–H groups in total. The van der Waals surface area contributed by atoms with Crippen LogP contribution in [0.15, 0.2) is 47.4 Å². The first-order valence-corrected chi connectivity index (χ1v) is 12.8. The largest absolute Gasteiger partial charge is 0.343 e. The Labute approximate surface area is 190 Å². The van der Waals surface area contributed by atoms with E-state index in [1.165, 1.54) is 12.1 Å². The van der Waals surface area contributed by atoms with Gasteiger partial charge in [0.1, 0.15) is 5.92 Å². The van der Waals surface area contributed by atoms with Gasteiger partial charge in [-0.2, -0.15) is 0 Å². The average Bonchev–Trinajstić information content (AvgIpc) is 2.78. The van der Waals surface area contributed by atoms with Crippen molar-refractivity contribution in [1.82, 2.24) is 9.62 Å². The molecule has 32 heavy (non-hydrogen) atoms. The highest BCUT2D eigenvalue weighted by molar-refractivity contribution is 7.90. The Kier molecular flexibility index (Phi) is 7.90. The van der Waals surface area contributed by atoms with Crippen molar-refractivity contribution in [2.75, 3.05) is 13.1 Å². The summed E-state index contributed by atoms with van der Waals surface area (Å²) < 4.78 is 28.1. The van der Waals surface area contributed by atoms with E-state index in [1.54, 1.807) is 11.0 Å². The van der Waals surface area contributed by atoms with Gasteiger partial charge in [0, 0.05) is 19.1 Å². The van der Waals surface area contributed by atoms with Crippen LogP contribution in [0, 0.1) is 11.8 Å². The molecule has 0 aliphatic heterocycles. The van der Waals surface area contributed by atoms with Gasteiger partial charge in [-0.25, -0.2) is 13.1 Å². The molecular formula is C24H33N3O4S. The molecule has 0 bridgehead atoms. The molecule has 0 spiro atoms. The summed E-state index contributed by atoms with van der Waals surface area (Å²) in [6.07, 6.45) is 3.73. The van der Waals surface area contributed by atoms with Crippen LogP contribution in [0.4, 0.5) is 0 Å². The highest BCUT2D eigenvalue weighted by Gasteiger charge is 2.35. The van der Waals surface area contributed by atoms with Crippen molar-refractivity contribution < 1.29 is 18.0 Å². The van der Waals surface area contributed by atoms with Gasteiger partial charge >= 0.3 is 0 Å². The number of benzene rings is 2. The molecule has 7 nitrogen and oxygen atoms in total. The van der Waals surface area contributed by atoms with Crippen LogP contribution in [0.3, 0.4) is 0 Å². The van der Waals surface area contributed by atoms with Gasteiger partial charge in [0.05, 0.1) is 4.90 Å². The molecule has 1 unspecified atom stereocenters. The number of hydrogen-bond donors (Lipinski definition) is 2. The van der Waals surface area contributed by atoms with E-state index < -0.39 is 21.8 Å². The number of nitrogens with two attached hydrogens (primary N) is 1. The number of sulfonamides is 1. The van der Waals surface area contributed by atoms with Gasteiger partial charge in [-0.15, -0.1) is 0 Å². The molecule has 1 aliphatic rings. The fourth-order valence-corrected chi connectivity index (χ4v) is 5.48. The third-order valence-corrected chi connectivity index (χ3v) is 7.76. The maximum absolute atomic E-state index is 13.1. The minimum Gasteiger partial charge on any atom is -0.343 e. The first kappa shape index (κ1) is 24.2. The van der Waals surface area contributed by atoms with Crippen LogP contribution in [0.25, 0.3) is 10.8 Å². The predicted octanol–water partition coefficient (Wildman–Crippen LogP) is 3.04. The normalized spacial score (nSPS) is 20.0. The predicted molar refractivity (Wildman–Crippen MR) is 125 cm³/mol. The minimum absolute atomic E-state index is 0.00206. The molecule has 0 aromatic heterocycles. The molecular weight excluding hydrogens is 426 g/mol. The van der Waals surface area contributed by atoms with Gasteiger partial charge in [0.25, 0.3) is 10.0 Å². The Morgan fingerprint density at radius 2 is 1.66 bits per heavy atom. The van der Waals surface area contributed by atoms with Crippen molar-refractivity contribution >= 4 is 32.6 Å². The van der Waals surface area contributed by atoms with Crippen LogP contribution in [-0.2, 0) is 19.6 Å². The number of fused-ring (bicyclic) bond motifs is 1. The summed E-state index contributed by atoms with van der Waals surface area (Å²) in [5.74, 6) is -1.95. The van der Waals surface area contributed by atoms with Crippen molar-refractivity contribution in [2.24, 2.45) is 17.6 Å². The zero-order valence-electron chi connectivity index (χ0n) is 18.8. The van der Waals surface area contributed by atoms with Crippen LogP contribution in [0.2, 0.25) is 0 Å². The Morgan fingerprint density at radius 1 is 1.03 bits per heavy atom. The molecule has 2 aromatic carbocycles. The summed E-state index contributed by atoms with van der Waals surface area (Å²) in [6.45, 7) is 4.63. The van der Waals surface area contributed by atoms with E-state index in [2.05, 4.69) is 4.72 Å². The third-order valence-electron chi connectivity index (χ3n) is 6.42. The second-order valence-electron chi connectivity index (χ2n) is 8.56. The molecule has 2 aromatic rings. The molecule has 0 heterocycles. The summed E-state index contributed by atoms with van der Waals surface area (Å²) in [4.78, 5) is 27.9. The van der Waals surface area contributed by atoms with Gasteiger partial charge in [-0.1, -0.05) is 30.3 Å². The summed E-state index contributed by atoms with van der Waals surface area (Å²) >= 11 is 0. The number of amides is 2. The van der Waals surface area contributed by atoms with E-state index in [1.807, 2.05) is 38.1 Å². The zero-order valence-corrected chi connectivity index (χ0v) is 19.6. The Balaban J connectivity index is 1.82. The molecule has 1 saturated carbocycles. The van der Waals surface area contributed by atoms with E-state index in [0.29, 0.717) is 19.5 Å². The number of rotatable bonds is 8. The van der Waals surface area contributed by atoms with E-state index in [0.717, 1.165) is 36.5 Å². The lowest BCUT2D eigenvalue weighted by Crippen LogP contribution is -2.46. The smallest absolute Gasteiger partial charge is 0.264 e. The van der Waals surface area contributed by atoms with E-state index in [-0.39, 0.29) is 22.8 Å². The Hall–Kier alpha value is -2.45. The fraction of sp³-hybridized carbons (Fsp3) is 0.500. The Morgan fingerprint density at radius 3 is 2.28 bits per heavy atom. The van der Waals surface area contributed by atoms with Crippen LogP contribution in [0.1, 0.15) is 46.0 Å². The van der Waals surface area contributed by atoms with Crippen molar-refractivity contribution in [3.05, 3.63) is 42.5 Å². The van der Waals surface area contributed by atoms with E-state index in [9.17, 15) is 18.0 Å². The van der Waals surface area contributed by atoms with Gasteiger partial charge < -0.3 is 10.6 Å². The lowest BCUT2D eigenvalue weighted by molar-refractivity contribution is -0.142. The number of nitrogens with one attached hydrogen (secondary N) is 1. The number of carbonyl (C=O) groups is 2. The molecule has 1 aliphatic carbocycles. The van der Waals surface area contributed by atoms with E-state index in [4.69, 9.17) is 5.73 Å². The van der Waals surface area contributed by atoms with Crippen molar-refractivity contribution in [1.29, 1.82) is 0 Å². The molecule has 174 valence electrons. The van der Waals surface area contributed by atoms with Crippen LogP contribution in [0.5, 0.6) is 0 Å². The Bertz CT molecular complexity index is 1060. The molecule has 2 amide bonds. The summed E-state index contributed by atoms with van der Waals surface area (Å²) in [5, 5.41) is 1.67. The number of carbonyl (C=O) groups excluding carboxylic acids is 2. The van der Waals surface area contributed by atoms with E-state index >= 15 is 0 Å².